The van der Waals surface area contributed by atoms with Crippen molar-refractivity contribution in [1.82, 2.24) is 0 Å². The second-order valence-corrected chi connectivity index (χ2v) is 4.28. The smallest absolute Gasteiger partial charge is 0.161 e. The van der Waals surface area contributed by atoms with Crippen LogP contribution in [0.2, 0.25) is 5.02 Å². The standard InChI is InChI=1S/C9H8ClFN2S/c10-7-2-1-6(11)5-8(7)13-9-12-3-4-14-9/h1-2,5H,3-4H2,(H,12,13). The molecule has 0 atom stereocenters. The molecule has 0 aromatic heterocycles. The first-order valence-electron chi connectivity index (χ1n) is 4.15. The van der Waals surface area contributed by atoms with Crippen molar-refractivity contribution in [2.24, 2.45) is 4.99 Å². The number of hydrogen-bond acceptors (Lipinski definition) is 3. The van der Waals surface area contributed by atoms with Crippen LogP contribution in [0.1, 0.15) is 0 Å². The van der Waals surface area contributed by atoms with Crippen LogP contribution in [0.25, 0.3) is 0 Å². The van der Waals surface area contributed by atoms with Gasteiger partial charge in [-0.3, -0.25) is 4.99 Å². The SMILES string of the molecule is Fc1ccc(Cl)c(NC2=NCCS2)c1. The van der Waals surface area contributed by atoms with E-state index in [1.165, 1.54) is 18.2 Å². The maximum Gasteiger partial charge on any atom is 0.161 e. The Morgan fingerprint density at radius 1 is 1.50 bits per heavy atom. The highest BCUT2D eigenvalue weighted by Gasteiger charge is 2.09. The van der Waals surface area contributed by atoms with Crippen molar-refractivity contribution in [3.63, 3.8) is 0 Å². The number of nitrogens with zero attached hydrogens (tertiary/aromatic N) is 1. The van der Waals surface area contributed by atoms with Crippen LogP contribution < -0.4 is 5.32 Å². The number of benzene rings is 1. The quantitative estimate of drug-likeness (QED) is 0.802. The summed E-state index contributed by atoms with van der Waals surface area (Å²) in [5, 5.41) is 4.30. The van der Waals surface area contributed by atoms with E-state index in [1.807, 2.05) is 0 Å². The maximum absolute atomic E-state index is 12.9. The Balaban J connectivity index is 2.19. The van der Waals surface area contributed by atoms with Crippen LogP contribution in [0.15, 0.2) is 23.2 Å². The second kappa shape index (κ2) is 4.19. The maximum atomic E-state index is 12.9. The Labute approximate surface area is 90.6 Å². The molecule has 1 heterocycles. The zero-order valence-electron chi connectivity index (χ0n) is 7.26. The summed E-state index contributed by atoms with van der Waals surface area (Å²) in [4.78, 5) is 4.19. The summed E-state index contributed by atoms with van der Waals surface area (Å²) in [6, 6.07) is 4.22. The van der Waals surface area contributed by atoms with Crippen LogP contribution in [0.3, 0.4) is 0 Å². The highest BCUT2D eigenvalue weighted by Crippen LogP contribution is 2.24. The third-order valence-electron chi connectivity index (χ3n) is 1.76. The number of nitrogens with one attached hydrogen (secondary N) is 1. The lowest BCUT2D eigenvalue weighted by Crippen LogP contribution is -2.05. The Kier molecular flexibility index (Phi) is 2.93. The van der Waals surface area contributed by atoms with Gasteiger partial charge in [0.25, 0.3) is 0 Å². The largest absolute Gasteiger partial charge is 0.334 e. The minimum absolute atomic E-state index is 0.305. The van der Waals surface area contributed by atoms with E-state index in [1.54, 1.807) is 11.8 Å². The zero-order chi connectivity index (χ0) is 9.97. The Hall–Kier alpha value is -0.740. The Morgan fingerprint density at radius 2 is 2.36 bits per heavy atom. The molecule has 2 rings (SSSR count). The molecule has 1 aliphatic rings. The Bertz CT molecular complexity index is 381. The summed E-state index contributed by atoms with van der Waals surface area (Å²) in [6.45, 7) is 0.805. The highest BCUT2D eigenvalue weighted by atomic mass is 35.5. The van der Waals surface area contributed by atoms with E-state index in [0.717, 1.165) is 17.5 Å². The molecule has 1 aliphatic heterocycles. The normalized spacial score (nSPS) is 15.4. The van der Waals surface area contributed by atoms with E-state index in [9.17, 15) is 4.39 Å². The van der Waals surface area contributed by atoms with Gasteiger partial charge in [-0.05, 0) is 18.2 Å². The van der Waals surface area contributed by atoms with E-state index in [2.05, 4.69) is 10.3 Å². The van der Waals surface area contributed by atoms with Gasteiger partial charge in [-0.1, -0.05) is 23.4 Å². The summed E-state index contributed by atoms with van der Waals surface area (Å²) in [5.41, 5.74) is 0.569. The van der Waals surface area contributed by atoms with Gasteiger partial charge >= 0.3 is 0 Å². The van der Waals surface area contributed by atoms with E-state index in [0.29, 0.717) is 10.7 Å². The van der Waals surface area contributed by atoms with E-state index >= 15 is 0 Å². The first-order chi connectivity index (χ1) is 6.75. The molecular weight excluding hydrogens is 223 g/mol. The minimum atomic E-state index is -0.305. The first kappa shape index (κ1) is 9.80. The van der Waals surface area contributed by atoms with Crippen LogP contribution >= 0.6 is 23.4 Å². The van der Waals surface area contributed by atoms with Crippen molar-refractivity contribution in [2.75, 3.05) is 17.6 Å². The molecule has 14 heavy (non-hydrogen) atoms. The molecule has 0 saturated heterocycles. The number of rotatable bonds is 1. The van der Waals surface area contributed by atoms with Gasteiger partial charge in [-0.15, -0.1) is 0 Å². The van der Waals surface area contributed by atoms with E-state index < -0.39 is 0 Å². The van der Waals surface area contributed by atoms with Gasteiger partial charge in [0.15, 0.2) is 5.17 Å². The average Bonchev–Trinajstić information content (AvgIpc) is 2.64. The summed E-state index contributed by atoms with van der Waals surface area (Å²) in [5.74, 6) is 0.662. The van der Waals surface area contributed by atoms with E-state index in [-0.39, 0.29) is 5.82 Å². The molecule has 0 fully saturated rings. The third kappa shape index (κ3) is 2.19. The van der Waals surface area contributed by atoms with Gasteiger partial charge in [0.1, 0.15) is 5.82 Å². The second-order valence-electron chi connectivity index (χ2n) is 2.78. The molecular formula is C9H8ClFN2S. The van der Waals surface area contributed by atoms with Crippen molar-refractivity contribution in [1.29, 1.82) is 0 Å². The van der Waals surface area contributed by atoms with Crippen molar-refractivity contribution in [3.8, 4) is 0 Å². The first-order valence-corrected chi connectivity index (χ1v) is 5.51. The molecule has 1 aromatic carbocycles. The number of hydrogen-bond donors (Lipinski definition) is 1. The monoisotopic (exact) mass is 230 g/mol. The third-order valence-corrected chi connectivity index (χ3v) is 2.98. The van der Waals surface area contributed by atoms with Gasteiger partial charge in [-0.25, -0.2) is 4.39 Å². The summed E-state index contributed by atoms with van der Waals surface area (Å²) in [6.07, 6.45) is 0. The van der Waals surface area contributed by atoms with Crippen LogP contribution in [0.4, 0.5) is 10.1 Å². The fraction of sp³-hybridized carbons (Fsp3) is 0.222. The molecule has 0 saturated carbocycles. The fourth-order valence-corrected chi connectivity index (χ4v) is 2.02. The molecule has 0 unspecified atom stereocenters. The van der Waals surface area contributed by atoms with Gasteiger partial charge in [0.05, 0.1) is 17.3 Å². The van der Waals surface area contributed by atoms with Gasteiger partial charge in [0.2, 0.25) is 0 Å². The van der Waals surface area contributed by atoms with Crippen LogP contribution in [0.5, 0.6) is 0 Å². The van der Waals surface area contributed by atoms with Crippen molar-refractivity contribution >= 4 is 34.2 Å². The fourth-order valence-electron chi connectivity index (χ4n) is 1.12. The minimum Gasteiger partial charge on any atom is -0.334 e. The predicted octanol–water partition coefficient (Wildman–Crippen LogP) is 2.99. The van der Waals surface area contributed by atoms with Crippen LogP contribution in [0, 0.1) is 5.82 Å². The number of aliphatic imine (C=N–C) groups is 1. The lowest BCUT2D eigenvalue weighted by Gasteiger charge is -2.06. The number of thioether (sulfide) groups is 1. The molecule has 0 aliphatic carbocycles. The lowest BCUT2D eigenvalue weighted by molar-refractivity contribution is 0.628. The topological polar surface area (TPSA) is 24.4 Å². The molecule has 0 radical (unpaired) electrons. The molecule has 1 aromatic rings. The molecule has 0 amide bonds. The molecule has 74 valence electrons. The van der Waals surface area contributed by atoms with Gasteiger partial charge in [-0.2, -0.15) is 0 Å². The molecule has 2 nitrogen and oxygen atoms in total. The van der Waals surface area contributed by atoms with Gasteiger partial charge in [0, 0.05) is 5.75 Å². The summed E-state index contributed by atoms with van der Waals surface area (Å²) < 4.78 is 12.9. The Morgan fingerprint density at radius 3 is 3.07 bits per heavy atom. The molecule has 0 bridgehead atoms. The van der Waals surface area contributed by atoms with Crippen molar-refractivity contribution < 1.29 is 4.39 Å². The zero-order valence-corrected chi connectivity index (χ0v) is 8.83. The van der Waals surface area contributed by atoms with Crippen LogP contribution in [-0.2, 0) is 0 Å². The molecule has 0 spiro atoms. The number of anilines is 1. The van der Waals surface area contributed by atoms with E-state index in [4.69, 9.17) is 11.6 Å². The highest BCUT2D eigenvalue weighted by molar-refractivity contribution is 8.14. The van der Waals surface area contributed by atoms with Crippen LogP contribution in [-0.4, -0.2) is 17.5 Å². The van der Waals surface area contributed by atoms with Crippen molar-refractivity contribution in [2.45, 2.75) is 0 Å². The van der Waals surface area contributed by atoms with Gasteiger partial charge < -0.3 is 5.32 Å². The molecule has 1 N–H and O–H groups in total. The summed E-state index contributed by atoms with van der Waals surface area (Å²) in [7, 11) is 0. The lowest BCUT2D eigenvalue weighted by atomic mass is 10.3. The number of amidine groups is 1. The molecule has 5 heteroatoms. The number of halogens is 2. The van der Waals surface area contributed by atoms with Crippen molar-refractivity contribution in [3.05, 3.63) is 29.0 Å². The predicted molar refractivity (Wildman–Crippen MR) is 59.8 cm³/mol. The average molecular weight is 231 g/mol. The summed E-state index contributed by atoms with van der Waals surface area (Å²) >= 11 is 7.49.